The molecule has 92 valence electrons. The molecule has 19 heavy (non-hydrogen) atoms. The number of H-pyrrole nitrogens is 1. The van der Waals surface area contributed by atoms with E-state index in [9.17, 15) is 0 Å². The van der Waals surface area contributed by atoms with Gasteiger partial charge in [0, 0.05) is 5.56 Å². The van der Waals surface area contributed by atoms with Gasteiger partial charge in [-0.1, -0.05) is 66.7 Å². The van der Waals surface area contributed by atoms with Gasteiger partial charge in [-0.05, 0) is 11.6 Å². The van der Waals surface area contributed by atoms with Crippen molar-refractivity contribution in [1.29, 1.82) is 0 Å². The predicted molar refractivity (Wildman–Crippen MR) is 77.2 cm³/mol. The lowest BCUT2D eigenvalue weighted by atomic mass is 10.1. The van der Waals surface area contributed by atoms with Gasteiger partial charge in [0.05, 0.1) is 0 Å². The summed E-state index contributed by atoms with van der Waals surface area (Å²) in [5.74, 6) is 0. The lowest BCUT2D eigenvalue weighted by molar-refractivity contribution is 0.939. The molecule has 0 amide bonds. The molecule has 1 N–H and O–H groups in total. The molecule has 0 saturated carbocycles. The predicted octanol–water partition coefficient (Wildman–Crippen LogP) is 3.64. The lowest BCUT2D eigenvalue weighted by Crippen LogP contribution is -1.81. The van der Waals surface area contributed by atoms with Crippen LogP contribution in [0.5, 0.6) is 0 Å². The maximum Gasteiger partial charge on any atom is 0.120 e. The van der Waals surface area contributed by atoms with Gasteiger partial charge in [0.2, 0.25) is 0 Å². The molecular formula is C16H13N3. The van der Waals surface area contributed by atoms with Gasteiger partial charge in [-0.25, -0.2) is 0 Å². The van der Waals surface area contributed by atoms with E-state index in [0.717, 1.165) is 22.5 Å². The molecule has 0 spiro atoms. The summed E-state index contributed by atoms with van der Waals surface area (Å²) in [7, 11) is 0. The first-order valence-electron chi connectivity index (χ1n) is 6.13. The van der Waals surface area contributed by atoms with Crippen LogP contribution in [0.15, 0.2) is 60.7 Å². The molecule has 1 aromatic heterocycles. The molecule has 0 saturated heterocycles. The van der Waals surface area contributed by atoms with Crippen molar-refractivity contribution in [2.75, 3.05) is 0 Å². The fraction of sp³-hybridized carbons (Fsp3) is 0. The molecule has 0 aliphatic heterocycles. The van der Waals surface area contributed by atoms with E-state index in [1.165, 1.54) is 0 Å². The second kappa shape index (κ2) is 5.31. The number of hydrogen-bond donors (Lipinski definition) is 1. The quantitative estimate of drug-likeness (QED) is 0.767. The Morgan fingerprint density at radius 1 is 0.737 bits per heavy atom. The van der Waals surface area contributed by atoms with Crippen LogP contribution >= 0.6 is 0 Å². The largest absolute Gasteiger partial charge is 0.197 e. The summed E-state index contributed by atoms with van der Waals surface area (Å²) in [5.41, 5.74) is 3.91. The number of nitrogens with one attached hydrogen (secondary N) is 1. The Kier molecular flexibility index (Phi) is 3.19. The van der Waals surface area contributed by atoms with Gasteiger partial charge in [0.25, 0.3) is 0 Å². The first-order valence-corrected chi connectivity index (χ1v) is 6.13. The van der Waals surface area contributed by atoms with E-state index < -0.39 is 0 Å². The molecular weight excluding hydrogens is 234 g/mol. The molecule has 3 rings (SSSR count). The Morgan fingerprint density at radius 2 is 1.42 bits per heavy atom. The Bertz CT molecular complexity index is 669. The van der Waals surface area contributed by atoms with Crippen LogP contribution in [0.3, 0.4) is 0 Å². The zero-order chi connectivity index (χ0) is 12.9. The highest BCUT2D eigenvalue weighted by Crippen LogP contribution is 2.20. The minimum absolute atomic E-state index is 0.843. The van der Waals surface area contributed by atoms with E-state index in [2.05, 4.69) is 27.5 Å². The summed E-state index contributed by atoms with van der Waals surface area (Å²) in [6.45, 7) is 0. The molecule has 0 unspecified atom stereocenters. The molecule has 0 bridgehead atoms. The van der Waals surface area contributed by atoms with Crippen molar-refractivity contribution < 1.29 is 0 Å². The van der Waals surface area contributed by atoms with Crippen molar-refractivity contribution in [1.82, 2.24) is 15.4 Å². The monoisotopic (exact) mass is 247 g/mol. The Labute approximate surface area is 111 Å². The molecule has 2 aromatic carbocycles. The maximum atomic E-state index is 4.21. The highest BCUT2D eigenvalue weighted by Gasteiger charge is 2.06. The number of nitrogens with zero attached hydrogens (tertiary/aromatic N) is 2. The van der Waals surface area contributed by atoms with Gasteiger partial charge >= 0.3 is 0 Å². The van der Waals surface area contributed by atoms with Crippen LogP contribution < -0.4 is 0 Å². The number of aromatic amines is 1. The minimum atomic E-state index is 0.843. The fourth-order valence-corrected chi connectivity index (χ4v) is 1.90. The van der Waals surface area contributed by atoms with Crippen molar-refractivity contribution in [2.45, 2.75) is 0 Å². The van der Waals surface area contributed by atoms with Crippen LogP contribution in [0.2, 0.25) is 0 Å². The fourth-order valence-electron chi connectivity index (χ4n) is 1.90. The normalized spacial score (nSPS) is 10.9. The molecule has 0 atom stereocenters. The smallest absolute Gasteiger partial charge is 0.120 e. The number of benzene rings is 2. The first kappa shape index (κ1) is 11.4. The van der Waals surface area contributed by atoms with E-state index in [4.69, 9.17) is 0 Å². The number of aromatic nitrogens is 3. The van der Waals surface area contributed by atoms with Crippen LogP contribution in [-0.2, 0) is 0 Å². The van der Waals surface area contributed by atoms with Gasteiger partial charge in [0.1, 0.15) is 11.4 Å². The number of rotatable bonds is 3. The third kappa shape index (κ3) is 2.60. The molecule has 3 heteroatoms. The second-order valence-electron chi connectivity index (χ2n) is 4.17. The third-order valence-electron chi connectivity index (χ3n) is 2.86. The highest BCUT2D eigenvalue weighted by molar-refractivity contribution is 5.76. The number of hydrogen-bond acceptors (Lipinski definition) is 2. The molecule has 3 nitrogen and oxygen atoms in total. The Morgan fingerprint density at radius 3 is 2.16 bits per heavy atom. The topological polar surface area (TPSA) is 41.6 Å². The van der Waals surface area contributed by atoms with Gasteiger partial charge < -0.3 is 0 Å². The van der Waals surface area contributed by atoms with E-state index >= 15 is 0 Å². The van der Waals surface area contributed by atoms with Crippen molar-refractivity contribution in [3.8, 4) is 11.3 Å². The summed E-state index contributed by atoms with van der Waals surface area (Å²) < 4.78 is 0. The summed E-state index contributed by atoms with van der Waals surface area (Å²) >= 11 is 0. The van der Waals surface area contributed by atoms with Crippen LogP contribution in [0.25, 0.3) is 23.4 Å². The van der Waals surface area contributed by atoms with Gasteiger partial charge in [0.15, 0.2) is 0 Å². The summed E-state index contributed by atoms with van der Waals surface area (Å²) in [4.78, 5) is 0. The van der Waals surface area contributed by atoms with Crippen molar-refractivity contribution in [2.24, 2.45) is 0 Å². The zero-order valence-electron chi connectivity index (χ0n) is 10.3. The molecule has 3 aromatic rings. The highest BCUT2D eigenvalue weighted by atomic mass is 15.3. The van der Waals surface area contributed by atoms with Gasteiger partial charge in [-0.15, -0.1) is 0 Å². The molecule has 0 aliphatic rings. The van der Waals surface area contributed by atoms with Gasteiger partial charge in [-0.2, -0.15) is 15.4 Å². The summed E-state index contributed by atoms with van der Waals surface area (Å²) in [6.07, 6.45) is 4.01. The van der Waals surface area contributed by atoms with Crippen molar-refractivity contribution in [3.63, 3.8) is 0 Å². The zero-order valence-corrected chi connectivity index (χ0v) is 10.3. The average molecular weight is 247 g/mol. The molecule has 0 fully saturated rings. The molecule has 0 aliphatic carbocycles. The van der Waals surface area contributed by atoms with E-state index in [1.807, 2.05) is 60.7 Å². The first-order chi connectivity index (χ1) is 9.43. The average Bonchev–Trinajstić information content (AvgIpc) is 2.95. The Hall–Kier alpha value is -2.68. The molecule has 0 radical (unpaired) electrons. The maximum absolute atomic E-state index is 4.21. The summed E-state index contributed by atoms with van der Waals surface area (Å²) in [5, 5.41) is 11.1. The van der Waals surface area contributed by atoms with E-state index in [-0.39, 0.29) is 0 Å². The van der Waals surface area contributed by atoms with E-state index in [0.29, 0.717) is 0 Å². The standard InChI is InChI=1S/C16H13N3/c1-3-7-13(8-4-1)11-12-15-16(18-19-17-15)14-9-5-2-6-10-14/h1-12H,(H,17,18,19)/b12-11+. The van der Waals surface area contributed by atoms with Crippen molar-refractivity contribution in [3.05, 3.63) is 71.9 Å². The van der Waals surface area contributed by atoms with E-state index in [1.54, 1.807) is 0 Å². The minimum Gasteiger partial charge on any atom is -0.197 e. The van der Waals surface area contributed by atoms with Crippen molar-refractivity contribution >= 4 is 12.2 Å². The van der Waals surface area contributed by atoms with Crippen LogP contribution in [-0.4, -0.2) is 15.4 Å². The van der Waals surface area contributed by atoms with Crippen LogP contribution in [0.1, 0.15) is 11.3 Å². The Balaban J connectivity index is 1.91. The van der Waals surface area contributed by atoms with Gasteiger partial charge in [-0.3, -0.25) is 0 Å². The SMILES string of the molecule is C(=C\c1n[nH]nc1-c1ccccc1)/c1ccccc1. The second-order valence-corrected chi connectivity index (χ2v) is 4.17. The third-order valence-corrected chi connectivity index (χ3v) is 2.86. The van der Waals surface area contributed by atoms with Crippen LogP contribution in [0.4, 0.5) is 0 Å². The lowest BCUT2D eigenvalue weighted by Gasteiger charge is -1.96. The van der Waals surface area contributed by atoms with Crippen LogP contribution in [0, 0.1) is 0 Å². The molecule has 1 heterocycles. The summed E-state index contributed by atoms with van der Waals surface area (Å²) in [6, 6.07) is 20.2.